The number of benzene rings is 1. The highest BCUT2D eigenvalue weighted by atomic mass is 35.5. The first-order valence-corrected chi connectivity index (χ1v) is 7.80. The Morgan fingerprint density at radius 2 is 2.14 bits per heavy atom. The Hall–Kier alpha value is -1.85. The zero-order valence-corrected chi connectivity index (χ0v) is 13.3. The molecule has 0 saturated heterocycles. The monoisotopic (exact) mass is 319 g/mol. The van der Waals surface area contributed by atoms with E-state index in [0.29, 0.717) is 22.6 Å². The van der Waals surface area contributed by atoms with Crippen LogP contribution in [-0.2, 0) is 0 Å². The molecular weight excluding hydrogens is 306 g/mol. The minimum absolute atomic E-state index is 0.544. The molecule has 0 bridgehead atoms. The predicted molar refractivity (Wildman–Crippen MR) is 87.8 cm³/mol. The number of ether oxygens (including phenoxy) is 1. The number of aryl methyl sites for hydroxylation is 1. The lowest BCUT2D eigenvalue weighted by atomic mass is 10.3. The molecule has 0 amide bonds. The fraction of sp³-hybridized carbons (Fsp3) is 0.200. The Morgan fingerprint density at radius 3 is 2.90 bits per heavy atom. The largest absolute Gasteiger partial charge is 0.438 e. The van der Waals surface area contributed by atoms with Crippen LogP contribution < -0.4 is 10.1 Å². The lowest BCUT2D eigenvalue weighted by Crippen LogP contribution is -2.02. The van der Waals surface area contributed by atoms with E-state index in [2.05, 4.69) is 15.3 Å². The van der Waals surface area contributed by atoms with Crippen molar-refractivity contribution < 1.29 is 4.74 Å². The summed E-state index contributed by atoms with van der Waals surface area (Å²) in [6.45, 7) is 4.81. The maximum atomic E-state index is 5.99. The van der Waals surface area contributed by atoms with Gasteiger partial charge in [-0.2, -0.15) is 4.98 Å². The number of rotatable bonds is 4. The van der Waals surface area contributed by atoms with Gasteiger partial charge in [0.2, 0.25) is 11.8 Å². The highest BCUT2D eigenvalue weighted by molar-refractivity contribution is 7.18. The molecule has 2 heterocycles. The number of nitrogens with one attached hydrogen (secondary N) is 1. The topological polar surface area (TPSA) is 47.0 Å². The molecule has 1 N–H and O–H groups in total. The SMILES string of the molecule is CCNc1nc(Oc2cccc(Cl)c2)c2cc(C)sc2n1. The normalized spacial score (nSPS) is 10.8. The number of anilines is 1. The van der Waals surface area contributed by atoms with Gasteiger partial charge in [-0.3, -0.25) is 0 Å². The summed E-state index contributed by atoms with van der Waals surface area (Å²) in [7, 11) is 0. The number of thiophene rings is 1. The molecule has 4 nitrogen and oxygen atoms in total. The molecule has 3 rings (SSSR count). The van der Waals surface area contributed by atoms with Gasteiger partial charge in [0, 0.05) is 16.4 Å². The highest BCUT2D eigenvalue weighted by Crippen LogP contribution is 2.34. The summed E-state index contributed by atoms with van der Waals surface area (Å²) < 4.78 is 5.90. The second-order valence-electron chi connectivity index (χ2n) is 4.52. The second-order valence-corrected chi connectivity index (χ2v) is 6.19. The van der Waals surface area contributed by atoms with Crippen molar-refractivity contribution in [2.75, 3.05) is 11.9 Å². The smallest absolute Gasteiger partial charge is 0.232 e. The van der Waals surface area contributed by atoms with Gasteiger partial charge in [0.1, 0.15) is 10.6 Å². The summed E-state index contributed by atoms with van der Waals surface area (Å²) in [5, 5.41) is 4.67. The molecule has 0 fully saturated rings. The van der Waals surface area contributed by atoms with E-state index in [0.717, 1.165) is 16.8 Å². The van der Waals surface area contributed by atoms with Gasteiger partial charge in [0.05, 0.1) is 5.39 Å². The molecule has 0 unspecified atom stereocenters. The molecule has 6 heteroatoms. The van der Waals surface area contributed by atoms with E-state index in [9.17, 15) is 0 Å². The first-order chi connectivity index (χ1) is 10.2. The number of hydrogen-bond acceptors (Lipinski definition) is 5. The maximum absolute atomic E-state index is 5.99. The molecule has 0 radical (unpaired) electrons. The van der Waals surface area contributed by atoms with Gasteiger partial charge in [-0.15, -0.1) is 11.3 Å². The molecule has 0 aliphatic heterocycles. The Labute approximate surface area is 131 Å². The maximum Gasteiger partial charge on any atom is 0.232 e. The van der Waals surface area contributed by atoms with E-state index >= 15 is 0 Å². The minimum Gasteiger partial charge on any atom is -0.438 e. The van der Waals surface area contributed by atoms with Gasteiger partial charge in [0.25, 0.3) is 0 Å². The Kier molecular flexibility index (Phi) is 3.94. The summed E-state index contributed by atoms with van der Waals surface area (Å²) in [5.41, 5.74) is 0. The third-order valence-electron chi connectivity index (χ3n) is 2.83. The molecule has 2 aromatic heterocycles. The highest BCUT2D eigenvalue weighted by Gasteiger charge is 2.12. The summed E-state index contributed by atoms with van der Waals surface area (Å²) >= 11 is 7.61. The van der Waals surface area contributed by atoms with E-state index in [-0.39, 0.29) is 0 Å². The van der Waals surface area contributed by atoms with Crippen LogP contribution in [0.4, 0.5) is 5.95 Å². The third kappa shape index (κ3) is 3.09. The lowest BCUT2D eigenvalue weighted by molar-refractivity contribution is 0.469. The first-order valence-electron chi connectivity index (χ1n) is 6.61. The average molecular weight is 320 g/mol. The average Bonchev–Trinajstić information content (AvgIpc) is 2.80. The second kappa shape index (κ2) is 5.87. The van der Waals surface area contributed by atoms with Crippen molar-refractivity contribution in [1.29, 1.82) is 0 Å². The van der Waals surface area contributed by atoms with Crippen molar-refractivity contribution in [3.63, 3.8) is 0 Å². The number of hydrogen-bond donors (Lipinski definition) is 1. The molecule has 3 aromatic rings. The fourth-order valence-electron chi connectivity index (χ4n) is 1.97. The van der Waals surface area contributed by atoms with Crippen LogP contribution in [0.15, 0.2) is 30.3 Å². The fourth-order valence-corrected chi connectivity index (χ4v) is 3.02. The molecule has 0 aliphatic rings. The molecule has 0 saturated carbocycles. The van der Waals surface area contributed by atoms with E-state index in [1.165, 1.54) is 4.88 Å². The standard InChI is InChI=1S/C15H14ClN3OS/c1-3-17-15-18-13(12-7-9(2)21-14(12)19-15)20-11-6-4-5-10(16)8-11/h4-8H,3H2,1-2H3,(H,17,18,19). The van der Waals surface area contributed by atoms with Crippen molar-refractivity contribution in [2.24, 2.45) is 0 Å². The zero-order valence-electron chi connectivity index (χ0n) is 11.7. The van der Waals surface area contributed by atoms with Crippen LogP contribution in [0.1, 0.15) is 11.8 Å². The first kappa shape index (κ1) is 14.1. The van der Waals surface area contributed by atoms with Crippen LogP contribution in [0.5, 0.6) is 11.6 Å². The summed E-state index contributed by atoms with van der Waals surface area (Å²) in [5.74, 6) is 1.78. The van der Waals surface area contributed by atoms with Gasteiger partial charge in [-0.25, -0.2) is 4.98 Å². The van der Waals surface area contributed by atoms with Gasteiger partial charge in [-0.05, 0) is 38.1 Å². The van der Waals surface area contributed by atoms with E-state index < -0.39 is 0 Å². The van der Waals surface area contributed by atoms with Gasteiger partial charge in [0.15, 0.2) is 0 Å². The quantitative estimate of drug-likeness (QED) is 0.744. The summed E-state index contributed by atoms with van der Waals surface area (Å²) in [6, 6.07) is 9.31. The molecular formula is C15H14ClN3OS. The van der Waals surface area contributed by atoms with Crippen LogP contribution in [0.2, 0.25) is 5.02 Å². The van der Waals surface area contributed by atoms with Gasteiger partial charge in [-0.1, -0.05) is 17.7 Å². The van der Waals surface area contributed by atoms with Crippen LogP contribution in [-0.4, -0.2) is 16.5 Å². The van der Waals surface area contributed by atoms with Crippen molar-refractivity contribution in [3.8, 4) is 11.6 Å². The molecule has 0 aliphatic carbocycles. The number of halogens is 1. The Balaban J connectivity index is 2.06. The number of aromatic nitrogens is 2. The van der Waals surface area contributed by atoms with Crippen molar-refractivity contribution in [2.45, 2.75) is 13.8 Å². The summed E-state index contributed by atoms with van der Waals surface area (Å²) in [4.78, 5) is 11.0. The zero-order chi connectivity index (χ0) is 14.8. The van der Waals surface area contributed by atoms with Crippen molar-refractivity contribution >= 4 is 39.1 Å². The van der Waals surface area contributed by atoms with Crippen LogP contribution in [0, 0.1) is 6.92 Å². The van der Waals surface area contributed by atoms with E-state index in [1.54, 1.807) is 17.4 Å². The van der Waals surface area contributed by atoms with Crippen LogP contribution >= 0.6 is 22.9 Å². The van der Waals surface area contributed by atoms with Gasteiger partial charge >= 0.3 is 0 Å². The minimum atomic E-state index is 0.544. The molecule has 108 valence electrons. The molecule has 0 spiro atoms. The van der Waals surface area contributed by atoms with Crippen molar-refractivity contribution in [3.05, 3.63) is 40.2 Å². The molecule has 1 aromatic carbocycles. The lowest BCUT2D eigenvalue weighted by Gasteiger charge is -2.08. The third-order valence-corrected chi connectivity index (χ3v) is 4.01. The molecule has 21 heavy (non-hydrogen) atoms. The van der Waals surface area contributed by atoms with E-state index in [4.69, 9.17) is 16.3 Å². The van der Waals surface area contributed by atoms with Crippen LogP contribution in [0.25, 0.3) is 10.2 Å². The van der Waals surface area contributed by atoms with Crippen molar-refractivity contribution in [1.82, 2.24) is 9.97 Å². The number of fused-ring (bicyclic) bond motifs is 1. The summed E-state index contributed by atoms with van der Waals surface area (Å²) in [6.07, 6.45) is 0. The molecule has 0 atom stereocenters. The van der Waals surface area contributed by atoms with E-state index in [1.807, 2.05) is 38.1 Å². The van der Waals surface area contributed by atoms with Gasteiger partial charge < -0.3 is 10.1 Å². The predicted octanol–water partition coefficient (Wildman–Crippen LogP) is 4.88. The Morgan fingerprint density at radius 1 is 1.29 bits per heavy atom. The van der Waals surface area contributed by atoms with Crippen LogP contribution in [0.3, 0.4) is 0 Å². The number of nitrogens with zero attached hydrogens (tertiary/aromatic N) is 2. The Bertz CT molecular complexity index is 788.